The maximum atomic E-state index is 12.6. The maximum absolute atomic E-state index is 12.6. The summed E-state index contributed by atoms with van der Waals surface area (Å²) < 4.78 is 27.3. The predicted octanol–water partition coefficient (Wildman–Crippen LogP) is 2.38. The Kier molecular flexibility index (Phi) is 6.72. The molecule has 0 bridgehead atoms. The van der Waals surface area contributed by atoms with Crippen LogP contribution in [0, 0.1) is 6.92 Å². The second-order valence-corrected chi connectivity index (χ2v) is 9.00. The minimum absolute atomic E-state index is 0.0645. The third-order valence-electron chi connectivity index (χ3n) is 4.82. The van der Waals surface area contributed by atoms with Crippen LogP contribution in [-0.2, 0) is 10.0 Å². The second kappa shape index (κ2) is 9.05. The molecule has 0 aromatic heterocycles. The molecule has 1 heterocycles. The molecule has 0 saturated carbocycles. The molecule has 150 valence electrons. The highest BCUT2D eigenvalue weighted by molar-refractivity contribution is 7.89. The molecular formula is C20H24ClN3O3S. The normalized spacial score (nSPS) is 15.6. The smallest absolute Gasteiger partial charge is 0.255 e. The van der Waals surface area contributed by atoms with Crippen molar-refractivity contribution in [2.45, 2.75) is 11.8 Å². The van der Waals surface area contributed by atoms with Crippen molar-refractivity contribution in [3.05, 3.63) is 64.7 Å². The van der Waals surface area contributed by atoms with Crippen LogP contribution in [-0.4, -0.2) is 63.4 Å². The summed E-state index contributed by atoms with van der Waals surface area (Å²) in [6.07, 6.45) is 0. The van der Waals surface area contributed by atoms with Gasteiger partial charge in [-0.15, -0.1) is 0 Å². The van der Waals surface area contributed by atoms with E-state index in [0.29, 0.717) is 49.9 Å². The molecule has 1 amide bonds. The van der Waals surface area contributed by atoms with E-state index in [0.717, 1.165) is 5.56 Å². The number of piperazine rings is 1. The largest absolute Gasteiger partial charge is 0.336 e. The number of nitrogens with one attached hydrogen (secondary N) is 1. The number of aryl methyl sites for hydroxylation is 1. The van der Waals surface area contributed by atoms with Gasteiger partial charge in [0.1, 0.15) is 0 Å². The number of halogens is 1. The van der Waals surface area contributed by atoms with Crippen LogP contribution in [0.5, 0.6) is 0 Å². The number of rotatable bonds is 6. The lowest BCUT2D eigenvalue weighted by Gasteiger charge is -2.34. The average Bonchev–Trinajstić information content (AvgIpc) is 2.68. The summed E-state index contributed by atoms with van der Waals surface area (Å²) in [6.45, 7) is 5.42. The van der Waals surface area contributed by atoms with Crippen LogP contribution in [0.2, 0.25) is 5.02 Å². The Balaban J connectivity index is 1.46. The molecule has 0 atom stereocenters. The van der Waals surface area contributed by atoms with Crippen molar-refractivity contribution in [1.29, 1.82) is 0 Å². The van der Waals surface area contributed by atoms with E-state index in [9.17, 15) is 13.2 Å². The number of carbonyl (C=O) groups is 1. The van der Waals surface area contributed by atoms with Gasteiger partial charge in [0.2, 0.25) is 10.0 Å². The van der Waals surface area contributed by atoms with E-state index in [1.54, 1.807) is 53.4 Å². The van der Waals surface area contributed by atoms with Crippen molar-refractivity contribution in [3.8, 4) is 0 Å². The topological polar surface area (TPSA) is 69.7 Å². The average molecular weight is 422 g/mol. The summed E-state index contributed by atoms with van der Waals surface area (Å²) in [6, 6.07) is 13.8. The van der Waals surface area contributed by atoms with E-state index >= 15 is 0 Å². The van der Waals surface area contributed by atoms with Crippen LogP contribution in [0.1, 0.15) is 15.9 Å². The van der Waals surface area contributed by atoms with Gasteiger partial charge in [-0.1, -0.05) is 41.4 Å². The number of nitrogens with zero attached hydrogens (tertiary/aromatic N) is 2. The van der Waals surface area contributed by atoms with Crippen molar-refractivity contribution in [2.24, 2.45) is 0 Å². The molecule has 6 nitrogen and oxygen atoms in total. The first-order valence-corrected chi connectivity index (χ1v) is 11.1. The Bertz CT molecular complexity index is 924. The Labute approximate surface area is 171 Å². The zero-order valence-corrected chi connectivity index (χ0v) is 17.3. The summed E-state index contributed by atoms with van der Waals surface area (Å²) in [5.41, 5.74) is 1.53. The Hall–Kier alpha value is -1.93. The van der Waals surface area contributed by atoms with Gasteiger partial charge in [-0.3, -0.25) is 9.69 Å². The summed E-state index contributed by atoms with van der Waals surface area (Å²) >= 11 is 6.11. The minimum Gasteiger partial charge on any atom is -0.336 e. The van der Waals surface area contributed by atoms with E-state index in [1.807, 2.05) is 6.92 Å². The maximum Gasteiger partial charge on any atom is 0.255 e. The van der Waals surface area contributed by atoms with E-state index in [-0.39, 0.29) is 10.8 Å². The molecular weight excluding hydrogens is 398 g/mol. The van der Waals surface area contributed by atoms with Gasteiger partial charge < -0.3 is 4.90 Å². The van der Waals surface area contributed by atoms with Crippen molar-refractivity contribution in [1.82, 2.24) is 14.5 Å². The van der Waals surface area contributed by atoms with E-state index in [2.05, 4.69) is 9.62 Å². The Morgan fingerprint density at radius 1 is 1.04 bits per heavy atom. The summed E-state index contributed by atoms with van der Waals surface area (Å²) in [7, 11) is -3.50. The van der Waals surface area contributed by atoms with Crippen LogP contribution in [0.4, 0.5) is 0 Å². The van der Waals surface area contributed by atoms with Crippen LogP contribution in [0.15, 0.2) is 53.4 Å². The number of hydrogen-bond acceptors (Lipinski definition) is 4. The first-order valence-electron chi connectivity index (χ1n) is 9.19. The van der Waals surface area contributed by atoms with Crippen LogP contribution in [0.3, 0.4) is 0 Å². The molecule has 2 aromatic rings. The highest BCUT2D eigenvalue weighted by atomic mass is 35.5. The van der Waals surface area contributed by atoms with Gasteiger partial charge in [-0.25, -0.2) is 13.1 Å². The molecule has 3 rings (SSSR count). The van der Waals surface area contributed by atoms with E-state index in [4.69, 9.17) is 11.6 Å². The molecule has 1 N–H and O–H groups in total. The van der Waals surface area contributed by atoms with Crippen LogP contribution in [0.25, 0.3) is 0 Å². The minimum atomic E-state index is -3.50. The van der Waals surface area contributed by atoms with Gasteiger partial charge in [0.05, 0.1) is 15.5 Å². The van der Waals surface area contributed by atoms with Gasteiger partial charge in [0.25, 0.3) is 5.91 Å². The number of amides is 1. The van der Waals surface area contributed by atoms with E-state index < -0.39 is 10.0 Å². The highest BCUT2D eigenvalue weighted by Crippen LogP contribution is 2.18. The lowest BCUT2D eigenvalue weighted by Crippen LogP contribution is -2.50. The lowest BCUT2D eigenvalue weighted by molar-refractivity contribution is 0.0640. The first-order chi connectivity index (χ1) is 13.4. The molecule has 0 unspecified atom stereocenters. The second-order valence-electron chi connectivity index (χ2n) is 6.82. The van der Waals surface area contributed by atoms with Gasteiger partial charge in [-0.2, -0.15) is 0 Å². The molecule has 1 saturated heterocycles. The van der Waals surface area contributed by atoms with E-state index in [1.165, 1.54) is 0 Å². The predicted molar refractivity (Wildman–Crippen MR) is 110 cm³/mol. The standard InChI is InChI=1S/C20H24ClN3O3S/c1-16-6-8-17(9-7-16)28(26,27)22-10-11-23-12-14-24(15-13-23)20(25)18-4-2-3-5-19(18)21/h2-9,22H,10-15H2,1H3. The SMILES string of the molecule is Cc1ccc(S(=O)(=O)NCCN2CCN(C(=O)c3ccccc3Cl)CC2)cc1. The zero-order valence-electron chi connectivity index (χ0n) is 15.8. The summed E-state index contributed by atoms with van der Waals surface area (Å²) in [5.74, 6) is -0.0645. The summed E-state index contributed by atoms with van der Waals surface area (Å²) in [4.78, 5) is 16.8. The number of hydrogen-bond donors (Lipinski definition) is 1. The van der Waals surface area contributed by atoms with Crippen molar-refractivity contribution in [2.75, 3.05) is 39.3 Å². The molecule has 0 radical (unpaired) electrons. The van der Waals surface area contributed by atoms with Gasteiger partial charge >= 0.3 is 0 Å². The molecule has 1 fully saturated rings. The van der Waals surface area contributed by atoms with Crippen LogP contribution >= 0.6 is 11.6 Å². The fourth-order valence-electron chi connectivity index (χ4n) is 3.12. The van der Waals surface area contributed by atoms with Gasteiger partial charge in [0.15, 0.2) is 0 Å². The summed E-state index contributed by atoms with van der Waals surface area (Å²) in [5, 5.41) is 0.459. The van der Waals surface area contributed by atoms with Crippen molar-refractivity contribution >= 4 is 27.5 Å². The number of carbonyl (C=O) groups excluding carboxylic acids is 1. The number of sulfonamides is 1. The molecule has 1 aliphatic heterocycles. The fraction of sp³-hybridized carbons (Fsp3) is 0.350. The van der Waals surface area contributed by atoms with Gasteiger partial charge in [0, 0.05) is 39.3 Å². The molecule has 0 aliphatic carbocycles. The van der Waals surface area contributed by atoms with Crippen molar-refractivity contribution in [3.63, 3.8) is 0 Å². The lowest BCUT2D eigenvalue weighted by atomic mass is 10.2. The quantitative estimate of drug-likeness (QED) is 0.777. The monoisotopic (exact) mass is 421 g/mol. The zero-order chi connectivity index (χ0) is 20.1. The van der Waals surface area contributed by atoms with Gasteiger partial charge in [-0.05, 0) is 31.2 Å². The Morgan fingerprint density at radius 2 is 1.68 bits per heavy atom. The number of benzene rings is 2. The van der Waals surface area contributed by atoms with Crippen molar-refractivity contribution < 1.29 is 13.2 Å². The molecule has 8 heteroatoms. The highest BCUT2D eigenvalue weighted by Gasteiger charge is 2.23. The third-order valence-corrected chi connectivity index (χ3v) is 6.62. The molecule has 2 aromatic carbocycles. The fourth-order valence-corrected chi connectivity index (χ4v) is 4.36. The third kappa shape index (κ3) is 5.11. The molecule has 1 aliphatic rings. The van der Waals surface area contributed by atoms with Crippen LogP contribution < -0.4 is 4.72 Å². The molecule has 0 spiro atoms. The molecule has 28 heavy (non-hydrogen) atoms. The Morgan fingerprint density at radius 3 is 2.32 bits per heavy atom. The first kappa shape index (κ1) is 20.8.